The van der Waals surface area contributed by atoms with Crippen LogP contribution in [0.3, 0.4) is 0 Å². The van der Waals surface area contributed by atoms with Crippen LogP contribution in [-0.2, 0) is 0 Å². The topological polar surface area (TPSA) is 0 Å². The first-order valence-electron chi connectivity index (χ1n) is 10.8. The molecule has 162 valence electrons. The number of alkyl halides is 2. The van der Waals surface area contributed by atoms with E-state index >= 15 is 0 Å². The molecule has 0 amide bonds. The summed E-state index contributed by atoms with van der Waals surface area (Å²) in [5, 5.41) is 5.28. The second kappa shape index (κ2) is 12.0. The Balaban J connectivity index is 1.82. The van der Waals surface area contributed by atoms with Gasteiger partial charge >= 0.3 is 0 Å². The molecule has 2 unspecified atom stereocenters. The van der Waals surface area contributed by atoms with E-state index in [1.165, 1.54) is 21.2 Å². The van der Waals surface area contributed by atoms with Crippen molar-refractivity contribution in [3.8, 4) is 0 Å². The molecule has 2 atom stereocenters. The lowest BCUT2D eigenvalue weighted by Gasteiger charge is -2.36. The highest BCUT2D eigenvalue weighted by molar-refractivity contribution is 7.78. The Labute approximate surface area is 204 Å². The zero-order chi connectivity index (χ0) is 22.2. The quantitative estimate of drug-likeness (QED) is 0.177. The molecule has 4 aromatic carbocycles. The van der Waals surface area contributed by atoms with Gasteiger partial charge in [0.25, 0.3) is 0 Å². The first kappa shape index (κ1) is 23.5. The molecule has 4 heteroatoms. The first-order chi connectivity index (χ1) is 15.8. The van der Waals surface area contributed by atoms with Crippen molar-refractivity contribution in [3.63, 3.8) is 0 Å². The molecule has 4 aromatic rings. The summed E-state index contributed by atoms with van der Waals surface area (Å²) in [5.41, 5.74) is 0.250. The Morgan fingerprint density at radius 3 is 1.12 bits per heavy atom. The summed E-state index contributed by atoms with van der Waals surface area (Å²) in [5.74, 6) is 0.596. The van der Waals surface area contributed by atoms with Crippen LogP contribution >= 0.6 is 39.0 Å². The number of benzene rings is 4. The van der Waals surface area contributed by atoms with Gasteiger partial charge in [0.15, 0.2) is 0 Å². The minimum atomic E-state index is -0.753. The smallest absolute Gasteiger partial charge is 0.0689 e. The zero-order valence-corrected chi connectivity index (χ0v) is 21.1. The highest BCUT2D eigenvalue weighted by Crippen LogP contribution is 2.54. The average Bonchev–Trinajstić information content (AvgIpc) is 2.86. The highest BCUT2D eigenvalue weighted by atomic mass is 35.5. The summed E-state index contributed by atoms with van der Waals surface area (Å²) >= 11 is 14.0. The number of hydrogen-bond acceptors (Lipinski definition) is 0. The molecule has 0 N–H and O–H groups in total. The molecule has 0 nitrogen and oxygen atoms in total. The zero-order valence-electron chi connectivity index (χ0n) is 17.8. The number of rotatable bonds is 9. The fourth-order valence-electron chi connectivity index (χ4n) is 3.99. The standard InChI is InChI=1S/C28H26Cl2P2/c29-22-21-27(31(23-13-5-1-6-14-23)24-15-7-2-8-16-24)28(30)32(25-17-9-3-10-18-25)26-19-11-4-12-20-26/h1-20,27-28H,21-22H2. The SMILES string of the molecule is ClCCC(C(Cl)P(c1ccccc1)c1ccccc1)P(c1ccccc1)c1ccccc1. The largest absolute Gasteiger partial charge is 0.127 e. The summed E-state index contributed by atoms with van der Waals surface area (Å²) in [6, 6.07) is 43.2. The van der Waals surface area contributed by atoms with Gasteiger partial charge in [-0.1, -0.05) is 121 Å². The molecule has 0 spiro atoms. The lowest BCUT2D eigenvalue weighted by molar-refractivity contribution is 0.881. The maximum atomic E-state index is 7.54. The minimum Gasteiger partial charge on any atom is -0.127 e. The van der Waals surface area contributed by atoms with Gasteiger partial charge in [-0.2, -0.15) is 0 Å². The summed E-state index contributed by atoms with van der Waals surface area (Å²) in [4.78, 5) is 0. The molecule has 4 rings (SSSR count). The molecule has 0 aliphatic heterocycles. The van der Waals surface area contributed by atoms with Gasteiger partial charge in [0.2, 0.25) is 0 Å². The van der Waals surface area contributed by atoms with E-state index in [2.05, 4.69) is 121 Å². The van der Waals surface area contributed by atoms with Crippen LogP contribution in [0.15, 0.2) is 121 Å². The molecule has 32 heavy (non-hydrogen) atoms. The fraction of sp³-hybridized carbons (Fsp3) is 0.143. The second-order valence-corrected chi connectivity index (χ2v) is 13.4. The third-order valence-corrected chi connectivity index (χ3v) is 12.4. The van der Waals surface area contributed by atoms with E-state index in [1.54, 1.807) is 0 Å². The van der Waals surface area contributed by atoms with Gasteiger partial charge in [-0.25, -0.2) is 0 Å². The van der Waals surface area contributed by atoms with E-state index in [1.807, 2.05) is 0 Å². The summed E-state index contributed by atoms with van der Waals surface area (Å²) in [7, 11) is -1.43. The average molecular weight is 495 g/mol. The Morgan fingerprint density at radius 2 is 0.812 bits per heavy atom. The van der Waals surface area contributed by atoms with Crippen molar-refractivity contribution in [2.24, 2.45) is 0 Å². The van der Waals surface area contributed by atoms with Gasteiger partial charge < -0.3 is 0 Å². The Bertz CT molecular complexity index is 981. The van der Waals surface area contributed by atoms with Crippen LogP contribution in [0.2, 0.25) is 0 Å². The van der Waals surface area contributed by atoms with Crippen molar-refractivity contribution in [1.82, 2.24) is 0 Å². The van der Waals surface area contributed by atoms with E-state index in [-0.39, 0.29) is 10.8 Å². The maximum absolute atomic E-state index is 7.54. The molecule has 0 heterocycles. The predicted octanol–water partition coefficient (Wildman–Crippen LogP) is 6.81. The van der Waals surface area contributed by atoms with Crippen molar-refractivity contribution in [2.75, 3.05) is 5.88 Å². The third kappa shape index (κ3) is 5.62. The Morgan fingerprint density at radius 1 is 0.500 bits per heavy atom. The van der Waals surface area contributed by atoms with Crippen molar-refractivity contribution < 1.29 is 0 Å². The Hall–Kier alpha value is -1.68. The maximum Gasteiger partial charge on any atom is 0.0689 e. The molecule has 0 bridgehead atoms. The molecule has 0 saturated heterocycles. The lowest BCUT2D eigenvalue weighted by Crippen LogP contribution is -2.32. The molecule has 0 aliphatic carbocycles. The molecule has 0 saturated carbocycles. The molecule has 0 radical (unpaired) electrons. The molecule has 0 fully saturated rings. The fourth-order valence-corrected chi connectivity index (χ4v) is 11.4. The summed E-state index contributed by atoms with van der Waals surface area (Å²) in [6.07, 6.45) is 0.879. The lowest BCUT2D eigenvalue weighted by atomic mass is 10.3. The van der Waals surface area contributed by atoms with Crippen LogP contribution < -0.4 is 21.2 Å². The monoisotopic (exact) mass is 494 g/mol. The van der Waals surface area contributed by atoms with E-state index in [9.17, 15) is 0 Å². The first-order valence-corrected chi connectivity index (χ1v) is 14.6. The van der Waals surface area contributed by atoms with E-state index in [4.69, 9.17) is 23.2 Å². The van der Waals surface area contributed by atoms with Gasteiger partial charge in [0, 0.05) is 11.5 Å². The van der Waals surface area contributed by atoms with Gasteiger partial charge in [0.1, 0.15) is 0 Å². The van der Waals surface area contributed by atoms with Crippen molar-refractivity contribution in [2.45, 2.75) is 17.2 Å². The highest BCUT2D eigenvalue weighted by Gasteiger charge is 2.36. The summed E-state index contributed by atoms with van der Waals surface area (Å²) < 4.78 is 0. The van der Waals surface area contributed by atoms with E-state index < -0.39 is 15.8 Å². The van der Waals surface area contributed by atoms with E-state index in [0.29, 0.717) is 5.88 Å². The normalized spacial score (nSPS) is 13.2. The third-order valence-electron chi connectivity index (χ3n) is 5.44. The molecule has 0 aromatic heterocycles. The molecular weight excluding hydrogens is 469 g/mol. The molecule has 0 aliphatic rings. The van der Waals surface area contributed by atoms with Crippen LogP contribution in [0.5, 0.6) is 0 Å². The van der Waals surface area contributed by atoms with Crippen molar-refractivity contribution >= 4 is 60.3 Å². The van der Waals surface area contributed by atoms with Gasteiger partial charge in [-0.3, -0.25) is 0 Å². The Kier molecular flexibility index (Phi) is 8.78. The number of hydrogen-bond donors (Lipinski definition) is 0. The van der Waals surface area contributed by atoms with Crippen LogP contribution in [0, 0.1) is 0 Å². The number of halogens is 2. The predicted molar refractivity (Wildman–Crippen MR) is 147 cm³/mol. The second-order valence-electron chi connectivity index (χ2n) is 7.50. The molecular formula is C28H26Cl2P2. The van der Waals surface area contributed by atoms with Crippen LogP contribution in [0.4, 0.5) is 0 Å². The summed E-state index contributed by atoms with van der Waals surface area (Å²) in [6.45, 7) is 0. The van der Waals surface area contributed by atoms with Gasteiger partial charge in [-0.15, -0.1) is 23.2 Å². The van der Waals surface area contributed by atoms with Crippen LogP contribution in [0.1, 0.15) is 6.42 Å². The van der Waals surface area contributed by atoms with E-state index in [0.717, 1.165) is 6.42 Å². The van der Waals surface area contributed by atoms with Crippen LogP contribution in [0.25, 0.3) is 0 Å². The van der Waals surface area contributed by atoms with Crippen molar-refractivity contribution in [1.29, 1.82) is 0 Å². The minimum absolute atomic E-state index is 0.0416. The van der Waals surface area contributed by atoms with Gasteiger partial charge in [-0.05, 0) is 43.5 Å². The van der Waals surface area contributed by atoms with Gasteiger partial charge in [0.05, 0.1) is 5.12 Å². The van der Waals surface area contributed by atoms with Crippen molar-refractivity contribution in [3.05, 3.63) is 121 Å². The van der Waals surface area contributed by atoms with Crippen LogP contribution in [-0.4, -0.2) is 16.7 Å².